The number of hydrogen-bond donors (Lipinski definition) is 2. The van der Waals surface area contributed by atoms with E-state index in [1.54, 1.807) is 0 Å². The van der Waals surface area contributed by atoms with Crippen molar-refractivity contribution in [1.82, 2.24) is 0 Å². The summed E-state index contributed by atoms with van der Waals surface area (Å²) < 4.78 is 1.07. The fourth-order valence-corrected chi connectivity index (χ4v) is 0. The summed E-state index contributed by atoms with van der Waals surface area (Å²) >= 11 is 0.823. The molecule has 0 aliphatic heterocycles. The summed E-state index contributed by atoms with van der Waals surface area (Å²) in [6.45, 7) is 0.406. The Morgan fingerprint density at radius 1 is 1.75 bits per heavy atom. The van der Waals surface area contributed by atoms with Crippen molar-refractivity contribution >= 4 is 0 Å². The van der Waals surface area contributed by atoms with Crippen LogP contribution in [0.4, 0.5) is 0 Å². The number of hydrogen-bond acceptors (Lipinski definition) is 3. The Morgan fingerprint density at radius 2 is 1.88 bits per heavy atom. The molecule has 0 aromatic rings. The summed E-state index contributed by atoms with van der Waals surface area (Å²) in [5.74, 6) is 0. The van der Waals surface area contributed by atoms with Gasteiger partial charge in [0.05, 0.1) is 0 Å². The van der Waals surface area contributed by atoms with E-state index in [2.05, 4.69) is 0 Å². The molecule has 0 fully saturated rings. The quantitative estimate of drug-likeness (QED) is 0.392. The molecule has 8 heavy (non-hydrogen) atoms. The maximum atomic E-state index is 8.36. The molecule has 0 aliphatic carbocycles. The Kier molecular flexibility index (Phi) is 13.9. The van der Waals surface area contributed by atoms with Crippen molar-refractivity contribution in [2.24, 2.45) is 0 Å². The van der Waals surface area contributed by atoms with Crippen molar-refractivity contribution in [3.05, 3.63) is 10.1 Å². The van der Waals surface area contributed by atoms with Gasteiger partial charge in [0.1, 0.15) is 0 Å². The molecule has 0 atom stereocenters. The summed E-state index contributed by atoms with van der Waals surface area (Å²) in [6.07, 6.45) is 0. The summed E-state index contributed by atoms with van der Waals surface area (Å²) in [5, 5.41) is 21.6. The first-order valence-corrected chi connectivity index (χ1v) is 5.77. The van der Waals surface area contributed by atoms with Crippen molar-refractivity contribution in [3.8, 4) is 0 Å². The van der Waals surface area contributed by atoms with Gasteiger partial charge in [0, 0.05) is 0 Å². The SMILES string of the molecule is O=[N+]([O-])O.OC[CH2][Hg]. The molecule has 0 amide bonds. The molecule has 2 N–H and O–H groups in total. The van der Waals surface area contributed by atoms with Gasteiger partial charge < -0.3 is 5.21 Å². The Hall–Kier alpha value is 0.0951. The molecule has 45 valence electrons. The molecule has 0 bridgehead atoms. The number of rotatable bonds is 1. The van der Waals surface area contributed by atoms with E-state index in [0.717, 1.165) is 30.1 Å². The second-order valence-electron chi connectivity index (χ2n) is 0.815. The normalized spacial score (nSPS) is 6.88. The van der Waals surface area contributed by atoms with Crippen molar-refractivity contribution in [3.63, 3.8) is 0 Å². The van der Waals surface area contributed by atoms with E-state index in [-0.39, 0.29) is 0 Å². The third kappa shape index (κ3) is 132. The van der Waals surface area contributed by atoms with Crippen LogP contribution in [-0.2, 0) is 26.1 Å². The second-order valence-corrected chi connectivity index (χ2v) is 3.56. The third-order valence-electron chi connectivity index (χ3n) is 0.158. The standard InChI is InChI=1S/C2H5O.Hg.HNO3/c1-2-3;;2-1(3)4/h3H,1-2H2;;(H,2,3,4). The summed E-state index contributed by atoms with van der Waals surface area (Å²) in [6, 6.07) is 0. The fourth-order valence-electron chi connectivity index (χ4n) is 0. The van der Waals surface area contributed by atoms with Gasteiger partial charge in [-0.2, -0.15) is 0 Å². The number of aliphatic hydroxyl groups is 1. The molecular weight excluding hydrogens is 303 g/mol. The predicted octanol–water partition coefficient (Wildman–Crippen LogP) is -0.404. The van der Waals surface area contributed by atoms with E-state index in [1.807, 2.05) is 0 Å². The van der Waals surface area contributed by atoms with Gasteiger partial charge in [-0.15, -0.1) is 10.1 Å². The van der Waals surface area contributed by atoms with Crippen molar-refractivity contribution in [2.45, 2.75) is 3.93 Å². The topological polar surface area (TPSA) is 83.6 Å². The zero-order valence-electron chi connectivity index (χ0n) is 4.28. The Balaban J connectivity index is 0. The van der Waals surface area contributed by atoms with E-state index in [4.69, 9.17) is 20.4 Å². The van der Waals surface area contributed by atoms with Crippen molar-refractivity contribution in [1.29, 1.82) is 0 Å². The van der Waals surface area contributed by atoms with Crippen LogP contribution in [0.5, 0.6) is 0 Å². The molecule has 0 aromatic heterocycles. The third-order valence-corrected chi connectivity index (χ3v) is 1.39. The van der Waals surface area contributed by atoms with E-state index in [9.17, 15) is 0 Å². The molecule has 0 aromatic carbocycles. The van der Waals surface area contributed by atoms with Gasteiger partial charge in [-0.3, -0.25) is 0 Å². The van der Waals surface area contributed by atoms with Crippen LogP contribution in [0.1, 0.15) is 0 Å². The van der Waals surface area contributed by atoms with Crippen LogP contribution < -0.4 is 0 Å². The van der Waals surface area contributed by atoms with Crippen LogP contribution in [0.2, 0.25) is 3.93 Å². The van der Waals surface area contributed by atoms with E-state index >= 15 is 0 Å². The van der Waals surface area contributed by atoms with Crippen LogP contribution >= 0.6 is 0 Å². The summed E-state index contributed by atoms with van der Waals surface area (Å²) in [5.41, 5.74) is 0. The van der Waals surface area contributed by atoms with E-state index in [1.165, 1.54) is 0 Å². The first-order chi connectivity index (χ1) is 3.65. The zero-order chi connectivity index (χ0) is 6.99. The van der Waals surface area contributed by atoms with Gasteiger partial charge in [-0.25, -0.2) is 0 Å². The average molecular weight is 309 g/mol. The van der Waals surface area contributed by atoms with E-state index < -0.39 is 5.09 Å². The predicted molar refractivity (Wildman–Crippen MR) is 20.7 cm³/mol. The first-order valence-electron chi connectivity index (χ1n) is 1.88. The van der Waals surface area contributed by atoms with E-state index in [0.29, 0.717) is 6.61 Å². The van der Waals surface area contributed by atoms with Gasteiger partial charge in [0.2, 0.25) is 0 Å². The number of nitrogens with zero attached hydrogens (tertiary/aromatic N) is 1. The van der Waals surface area contributed by atoms with Crippen LogP contribution in [0.25, 0.3) is 0 Å². The molecular formula is C2H6HgNO4. The second kappa shape index (κ2) is 10.2. The number of aliphatic hydroxyl groups excluding tert-OH is 1. The van der Waals surface area contributed by atoms with Crippen LogP contribution in [0.15, 0.2) is 0 Å². The Morgan fingerprint density at radius 3 is 1.88 bits per heavy atom. The molecule has 0 heterocycles. The molecule has 0 radical (unpaired) electrons. The summed E-state index contributed by atoms with van der Waals surface area (Å²) in [7, 11) is 0. The van der Waals surface area contributed by atoms with Crippen LogP contribution in [-0.4, -0.2) is 22.0 Å². The summed E-state index contributed by atoms with van der Waals surface area (Å²) in [4.78, 5) is 8.36. The first kappa shape index (κ1) is 11.0. The molecule has 0 spiro atoms. The molecule has 0 saturated carbocycles. The Bertz CT molecular complexity index is 52.0. The van der Waals surface area contributed by atoms with Gasteiger partial charge in [0.25, 0.3) is 5.09 Å². The monoisotopic (exact) mass is 310 g/mol. The van der Waals surface area contributed by atoms with Gasteiger partial charge in [0.15, 0.2) is 0 Å². The minimum atomic E-state index is -1.50. The Labute approximate surface area is 62.4 Å². The molecule has 0 rings (SSSR count). The zero-order valence-corrected chi connectivity index (χ0v) is 9.78. The molecule has 0 unspecified atom stereocenters. The molecule has 0 saturated heterocycles. The molecule has 0 aliphatic rings. The van der Waals surface area contributed by atoms with Gasteiger partial charge >= 0.3 is 41.8 Å². The van der Waals surface area contributed by atoms with Crippen molar-refractivity contribution < 1.29 is 41.5 Å². The molecule has 5 nitrogen and oxygen atoms in total. The maximum absolute atomic E-state index is 8.36. The van der Waals surface area contributed by atoms with Crippen molar-refractivity contribution in [2.75, 3.05) is 6.61 Å². The average Bonchev–Trinajstić information content (AvgIpc) is 1.65. The molecule has 6 heteroatoms. The fraction of sp³-hybridized carbons (Fsp3) is 1.00. The van der Waals surface area contributed by atoms with Gasteiger partial charge in [-0.05, 0) is 0 Å². The minimum absolute atomic E-state index is 0.406. The van der Waals surface area contributed by atoms with Gasteiger partial charge in [-0.1, -0.05) is 0 Å². The van der Waals surface area contributed by atoms with Crippen LogP contribution in [0, 0.1) is 10.1 Å². The van der Waals surface area contributed by atoms with Crippen LogP contribution in [0.3, 0.4) is 0 Å².